The van der Waals surface area contributed by atoms with Crippen molar-refractivity contribution in [1.82, 2.24) is 4.31 Å². The average Bonchev–Trinajstić information content (AvgIpc) is 3.24. The molecule has 2 aliphatic rings. The molecule has 0 radical (unpaired) electrons. The molecular formula is C16H15NO5S. The predicted molar refractivity (Wildman–Crippen MR) is 81.6 cm³/mol. The van der Waals surface area contributed by atoms with Crippen LogP contribution in [-0.2, 0) is 14.8 Å². The highest BCUT2D eigenvalue weighted by molar-refractivity contribution is 7.89. The fourth-order valence-electron chi connectivity index (χ4n) is 2.69. The summed E-state index contributed by atoms with van der Waals surface area (Å²) >= 11 is 0. The van der Waals surface area contributed by atoms with E-state index < -0.39 is 10.0 Å². The largest absolute Gasteiger partial charge is 0.454 e. The smallest absolute Gasteiger partial charge is 0.245 e. The Labute approximate surface area is 134 Å². The summed E-state index contributed by atoms with van der Waals surface area (Å²) in [6.07, 6.45) is -0.250. The van der Waals surface area contributed by atoms with Crippen LogP contribution in [0.15, 0.2) is 53.4 Å². The van der Waals surface area contributed by atoms with Crippen LogP contribution in [-0.4, -0.2) is 32.8 Å². The molecule has 2 aliphatic heterocycles. The quantitative estimate of drug-likeness (QED) is 0.861. The van der Waals surface area contributed by atoms with Gasteiger partial charge in [-0.15, -0.1) is 0 Å². The Morgan fingerprint density at radius 1 is 1.00 bits per heavy atom. The Balaban J connectivity index is 1.58. The van der Waals surface area contributed by atoms with Gasteiger partial charge in [0.25, 0.3) is 0 Å². The van der Waals surface area contributed by atoms with Gasteiger partial charge in [0.15, 0.2) is 11.5 Å². The van der Waals surface area contributed by atoms with Crippen LogP contribution in [0.2, 0.25) is 0 Å². The van der Waals surface area contributed by atoms with Gasteiger partial charge >= 0.3 is 0 Å². The molecule has 1 unspecified atom stereocenters. The second-order valence-electron chi connectivity index (χ2n) is 5.35. The molecule has 1 fully saturated rings. The van der Waals surface area contributed by atoms with Crippen LogP contribution in [0, 0.1) is 0 Å². The maximum atomic E-state index is 12.8. The second-order valence-corrected chi connectivity index (χ2v) is 7.29. The van der Waals surface area contributed by atoms with Crippen LogP contribution in [0.1, 0.15) is 11.7 Å². The Hall–Kier alpha value is -2.09. The Bertz CT molecular complexity index is 822. The van der Waals surface area contributed by atoms with Crippen molar-refractivity contribution >= 4 is 10.0 Å². The van der Waals surface area contributed by atoms with E-state index in [2.05, 4.69) is 0 Å². The highest BCUT2D eigenvalue weighted by Crippen LogP contribution is 2.36. The average molecular weight is 333 g/mol. The summed E-state index contributed by atoms with van der Waals surface area (Å²) in [4.78, 5) is 0.180. The minimum absolute atomic E-state index is 0.0380. The lowest BCUT2D eigenvalue weighted by molar-refractivity contribution is 0.104. The lowest BCUT2D eigenvalue weighted by atomic mass is 10.1. The first-order valence-electron chi connectivity index (χ1n) is 7.21. The fourth-order valence-corrected chi connectivity index (χ4v) is 4.01. The van der Waals surface area contributed by atoms with Crippen molar-refractivity contribution in [3.63, 3.8) is 0 Å². The third kappa shape index (κ3) is 2.56. The third-order valence-electron chi connectivity index (χ3n) is 3.94. The highest BCUT2D eigenvalue weighted by Gasteiger charge is 2.34. The molecule has 0 spiro atoms. The first-order valence-corrected chi connectivity index (χ1v) is 8.65. The van der Waals surface area contributed by atoms with Crippen LogP contribution < -0.4 is 9.47 Å². The van der Waals surface area contributed by atoms with Crippen molar-refractivity contribution in [1.29, 1.82) is 0 Å². The van der Waals surface area contributed by atoms with Crippen molar-refractivity contribution in [3.8, 4) is 11.5 Å². The third-order valence-corrected chi connectivity index (χ3v) is 5.73. The van der Waals surface area contributed by atoms with E-state index in [0.717, 1.165) is 5.56 Å². The minimum Gasteiger partial charge on any atom is -0.454 e. The summed E-state index contributed by atoms with van der Waals surface area (Å²) in [5, 5.41) is 0. The van der Waals surface area contributed by atoms with Gasteiger partial charge in [-0.1, -0.05) is 30.3 Å². The van der Waals surface area contributed by atoms with Gasteiger partial charge in [0.05, 0.1) is 11.0 Å². The number of hydrogen-bond donors (Lipinski definition) is 0. The van der Waals surface area contributed by atoms with Crippen molar-refractivity contribution in [3.05, 3.63) is 54.1 Å². The monoisotopic (exact) mass is 333 g/mol. The lowest BCUT2D eigenvalue weighted by Gasteiger charge is -2.15. The molecule has 0 aliphatic carbocycles. The van der Waals surface area contributed by atoms with Crippen LogP contribution in [0.5, 0.6) is 11.5 Å². The van der Waals surface area contributed by atoms with E-state index in [4.69, 9.17) is 14.2 Å². The molecule has 23 heavy (non-hydrogen) atoms. The van der Waals surface area contributed by atoms with E-state index >= 15 is 0 Å². The van der Waals surface area contributed by atoms with Gasteiger partial charge in [-0.3, -0.25) is 0 Å². The number of fused-ring (bicyclic) bond motifs is 1. The second kappa shape index (κ2) is 5.52. The van der Waals surface area contributed by atoms with Crippen LogP contribution in [0.4, 0.5) is 0 Å². The zero-order chi connectivity index (χ0) is 15.9. The molecule has 1 saturated heterocycles. The molecule has 2 heterocycles. The van der Waals surface area contributed by atoms with Crippen molar-refractivity contribution in [2.75, 3.05) is 20.1 Å². The standard InChI is InChI=1S/C16H15NO5S/c18-23(19,13-6-7-14-15(8-13)22-11-21-14)17-9-16(20-10-17)12-4-2-1-3-5-12/h1-8,16H,9-11H2. The molecule has 6 nitrogen and oxygen atoms in total. The first-order chi connectivity index (χ1) is 11.1. The van der Waals surface area contributed by atoms with E-state index in [1.54, 1.807) is 6.07 Å². The molecule has 2 aromatic carbocycles. The Kier molecular flexibility index (Phi) is 3.48. The maximum absolute atomic E-state index is 12.8. The van der Waals surface area contributed by atoms with Gasteiger partial charge in [0.2, 0.25) is 16.8 Å². The number of ether oxygens (including phenoxy) is 3. The summed E-state index contributed by atoms with van der Waals surface area (Å²) < 4.78 is 43.0. The fraction of sp³-hybridized carbons (Fsp3) is 0.250. The van der Waals surface area contributed by atoms with Gasteiger partial charge in [0, 0.05) is 12.6 Å². The van der Waals surface area contributed by atoms with Gasteiger partial charge in [-0.05, 0) is 17.7 Å². The van der Waals surface area contributed by atoms with Crippen molar-refractivity contribution in [2.24, 2.45) is 0 Å². The molecule has 0 amide bonds. The predicted octanol–water partition coefficient (Wildman–Crippen LogP) is 2.13. The number of hydrogen-bond acceptors (Lipinski definition) is 5. The number of nitrogens with zero attached hydrogens (tertiary/aromatic N) is 1. The van der Waals surface area contributed by atoms with Crippen LogP contribution >= 0.6 is 0 Å². The minimum atomic E-state index is -3.63. The molecule has 2 aromatic rings. The molecule has 0 bridgehead atoms. The maximum Gasteiger partial charge on any atom is 0.245 e. The highest BCUT2D eigenvalue weighted by atomic mass is 32.2. The Morgan fingerprint density at radius 2 is 1.78 bits per heavy atom. The molecule has 1 atom stereocenters. The summed E-state index contributed by atoms with van der Waals surface area (Å²) in [5.41, 5.74) is 0.968. The summed E-state index contributed by atoms with van der Waals surface area (Å²) in [5.74, 6) is 1.01. The van der Waals surface area contributed by atoms with Gasteiger partial charge < -0.3 is 14.2 Å². The number of sulfonamides is 1. The molecule has 0 saturated carbocycles. The SMILES string of the molecule is O=S(=O)(c1ccc2c(c1)OCO2)N1COC(c2ccccc2)C1. The summed E-state index contributed by atoms with van der Waals surface area (Å²) in [6.45, 7) is 0.443. The van der Waals surface area contributed by atoms with Gasteiger partial charge in [-0.2, -0.15) is 4.31 Å². The van der Waals surface area contributed by atoms with E-state index in [1.165, 1.54) is 16.4 Å². The van der Waals surface area contributed by atoms with E-state index in [9.17, 15) is 8.42 Å². The zero-order valence-corrected chi connectivity index (χ0v) is 13.0. The summed E-state index contributed by atoms with van der Waals surface area (Å²) in [6, 6.07) is 14.2. The zero-order valence-electron chi connectivity index (χ0n) is 12.2. The van der Waals surface area contributed by atoms with E-state index in [-0.39, 0.29) is 24.5 Å². The lowest BCUT2D eigenvalue weighted by Crippen LogP contribution is -2.28. The molecule has 7 heteroatoms. The Morgan fingerprint density at radius 3 is 2.61 bits per heavy atom. The first kappa shape index (κ1) is 14.5. The molecule has 0 N–H and O–H groups in total. The number of rotatable bonds is 3. The van der Waals surface area contributed by atoms with E-state index in [1.807, 2.05) is 30.3 Å². The van der Waals surface area contributed by atoms with Gasteiger partial charge in [0.1, 0.15) is 6.73 Å². The van der Waals surface area contributed by atoms with Crippen LogP contribution in [0.3, 0.4) is 0 Å². The van der Waals surface area contributed by atoms with E-state index in [0.29, 0.717) is 18.0 Å². The van der Waals surface area contributed by atoms with Crippen molar-refractivity contribution < 1.29 is 22.6 Å². The van der Waals surface area contributed by atoms with Crippen molar-refractivity contribution in [2.45, 2.75) is 11.0 Å². The molecule has 4 rings (SSSR count). The van der Waals surface area contributed by atoms with Crippen LogP contribution in [0.25, 0.3) is 0 Å². The molecule has 0 aromatic heterocycles. The topological polar surface area (TPSA) is 65.1 Å². The summed E-state index contributed by atoms with van der Waals surface area (Å²) in [7, 11) is -3.63. The van der Waals surface area contributed by atoms with Gasteiger partial charge in [-0.25, -0.2) is 8.42 Å². The molecule has 120 valence electrons. The normalized spacial score (nSPS) is 20.8. The molecular weight excluding hydrogens is 318 g/mol. The number of benzene rings is 2.